The number of aromatic nitrogens is 4. The molecule has 0 saturated carbocycles. The van der Waals surface area contributed by atoms with Crippen LogP contribution >= 0.6 is 11.6 Å². The fourth-order valence-electron chi connectivity index (χ4n) is 6.42. The van der Waals surface area contributed by atoms with Gasteiger partial charge in [-0.05, 0) is 87.1 Å². The fourth-order valence-corrected chi connectivity index (χ4v) is 6.70. The second-order valence-electron chi connectivity index (χ2n) is 13.2. The maximum Gasteiger partial charge on any atom is 0.263 e. The summed E-state index contributed by atoms with van der Waals surface area (Å²) in [6, 6.07) is 19.7. The molecule has 7 rings (SSSR count). The Bertz CT molecular complexity index is 2100. The number of benzene rings is 2. The number of carbonyl (C=O) groups is 1. The topological polar surface area (TPSA) is 154 Å². The van der Waals surface area contributed by atoms with E-state index < -0.39 is 0 Å². The Labute approximate surface area is 319 Å². The van der Waals surface area contributed by atoms with Gasteiger partial charge in [0.2, 0.25) is 0 Å². The van der Waals surface area contributed by atoms with Crippen LogP contribution in [-0.4, -0.2) is 71.9 Å². The number of carbonyl (C=O) groups excluding carboxylic acids is 1. The summed E-state index contributed by atoms with van der Waals surface area (Å²) in [7, 11) is 3.24. The van der Waals surface area contributed by atoms with E-state index >= 15 is 0 Å². The van der Waals surface area contributed by atoms with Crippen LogP contribution in [0.15, 0.2) is 76.4 Å². The minimum atomic E-state index is -0.374. The lowest BCUT2D eigenvalue weighted by molar-refractivity contribution is 0.0675. The van der Waals surface area contributed by atoms with Gasteiger partial charge in [0, 0.05) is 43.9 Å². The molecular formula is C40H49ClN6O7. The smallest absolute Gasteiger partial charge is 0.263 e. The zero-order valence-corrected chi connectivity index (χ0v) is 32.0. The highest BCUT2D eigenvalue weighted by atomic mass is 35.5. The highest BCUT2D eigenvalue weighted by Crippen LogP contribution is 2.25. The Morgan fingerprint density at radius 2 is 1.31 bits per heavy atom. The molecule has 0 atom stereocenters. The number of aryl methyl sites for hydroxylation is 2. The van der Waals surface area contributed by atoms with E-state index in [1.165, 1.54) is 4.57 Å². The molecule has 0 unspecified atom stereocenters. The molecule has 14 heteroatoms. The molecule has 0 radical (unpaired) electrons. The molecule has 54 heavy (non-hydrogen) atoms. The summed E-state index contributed by atoms with van der Waals surface area (Å²) in [4.78, 5) is 36.2. The first-order chi connectivity index (χ1) is 26.2. The van der Waals surface area contributed by atoms with E-state index in [0.717, 1.165) is 85.9 Å². The summed E-state index contributed by atoms with van der Waals surface area (Å²) in [6.45, 7) is 7.89. The Morgan fingerprint density at radius 1 is 0.815 bits per heavy atom. The summed E-state index contributed by atoms with van der Waals surface area (Å²) in [5.41, 5.74) is 6.92. The molecule has 2 aliphatic heterocycles. The lowest BCUT2D eigenvalue weighted by Crippen LogP contribution is -2.39. The maximum absolute atomic E-state index is 13.0. The zero-order valence-electron chi connectivity index (χ0n) is 31.3. The van der Waals surface area contributed by atoms with Gasteiger partial charge in [-0.25, -0.2) is 0 Å². The number of ether oxygens (including phenoxy) is 4. The number of fused-ring (bicyclic) bond motifs is 1. The summed E-state index contributed by atoms with van der Waals surface area (Å²) in [5, 5.41) is 5.39. The van der Waals surface area contributed by atoms with Crippen molar-refractivity contribution in [2.75, 3.05) is 40.6 Å². The van der Waals surface area contributed by atoms with E-state index in [4.69, 9.17) is 36.4 Å². The van der Waals surface area contributed by atoms with Crippen LogP contribution in [0.5, 0.6) is 11.5 Å². The summed E-state index contributed by atoms with van der Waals surface area (Å²) in [5.74, 6) is 6.76. The van der Waals surface area contributed by atoms with Crippen molar-refractivity contribution in [3.8, 4) is 11.5 Å². The summed E-state index contributed by atoms with van der Waals surface area (Å²) >= 11 is 5.89. The Balaban J connectivity index is 0.000000177. The molecule has 0 spiro atoms. The molecule has 2 aliphatic rings. The van der Waals surface area contributed by atoms with Crippen molar-refractivity contribution < 1.29 is 23.7 Å². The van der Waals surface area contributed by atoms with Crippen molar-refractivity contribution in [2.45, 2.75) is 64.7 Å². The van der Waals surface area contributed by atoms with Crippen LogP contribution in [0.2, 0.25) is 5.02 Å². The van der Waals surface area contributed by atoms with Crippen LogP contribution < -0.4 is 31.9 Å². The SMILES string of the molecule is COc1ccc(Cn2c(C)cc(Cl)c(C=O)c2=O)cc1.COc1ccc(Cn2c(C)cc3c(cnn3C3CCOCC3)c2=O)cc1.NNC1CCOCC1. The fraction of sp³-hybridized carbons (Fsp3) is 0.400. The molecule has 0 bridgehead atoms. The van der Waals surface area contributed by atoms with Gasteiger partial charge in [0.05, 0.1) is 61.0 Å². The molecule has 5 aromatic rings. The van der Waals surface area contributed by atoms with E-state index in [1.807, 2.05) is 60.1 Å². The molecule has 0 amide bonds. The van der Waals surface area contributed by atoms with Crippen molar-refractivity contribution >= 4 is 28.8 Å². The van der Waals surface area contributed by atoms with Crippen molar-refractivity contribution in [2.24, 2.45) is 5.84 Å². The average molecular weight is 761 g/mol. The monoisotopic (exact) mass is 760 g/mol. The third kappa shape index (κ3) is 10.0. The third-order valence-electron chi connectivity index (χ3n) is 9.69. The molecule has 5 heterocycles. The van der Waals surface area contributed by atoms with E-state index in [1.54, 1.807) is 38.0 Å². The second-order valence-corrected chi connectivity index (χ2v) is 13.6. The summed E-state index contributed by atoms with van der Waals surface area (Å²) < 4.78 is 26.2. The number of nitrogens with zero attached hydrogens (tertiary/aromatic N) is 4. The van der Waals surface area contributed by atoms with Gasteiger partial charge in [-0.3, -0.25) is 30.3 Å². The quantitative estimate of drug-likeness (QED) is 0.116. The Morgan fingerprint density at radius 3 is 1.80 bits per heavy atom. The number of aldehydes is 1. The van der Waals surface area contributed by atoms with Gasteiger partial charge in [0.25, 0.3) is 11.1 Å². The van der Waals surface area contributed by atoms with Crippen LogP contribution in [0, 0.1) is 13.8 Å². The predicted octanol–water partition coefficient (Wildman–Crippen LogP) is 5.22. The van der Waals surface area contributed by atoms with Crippen LogP contribution in [0.25, 0.3) is 10.9 Å². The van der Waals surface area contributed by atoms with Gasteiger partial charge in [-0.2, -0.15) is 5.10 Å². The lowest BCUT2D eigenvalue weighted by atomic mass is 10.1. The number of rotatable bonds is 9. The molecule has 2 aromatic carbocycles. The van der Waals surface area contributed by atoms with Gasteiger partial charge < -0.3 is 28.1 Å². The largest absolute Gasteiger partial charge is 0.497 e. The van der Waals surface area contributed by atoms with Gasteiger partial charge in [-0.15, -0.1) is 0 Å². The Hall–Kier alpha value is -4.79. The van der Waals surface area contributed by atoms with Crippen molar-refractivity contribution in [3.63, 3.8) is 0 Å². The van der Waals surface area contributed by atoms with Gasteiger partial charge >= 0.3 is 0 Å². The number of nitrogens with one attached hydrogen (secondary N) is 1. The molecule has 2 fully saturated rings. The molecule has 13 nitrogen and oxygen atoms in total. The van der Waals surface area contributed by atoms with Crippen molar-refractivity contribution in [3.05, 3.63) is 121 Å². The molecular weight excluding hydrogens is 712 g/mol. The van der Waals surface area contributed by atoms with Crippen LogP contribution in [0.4, 0.5) is 0 Å². The highest BCUT2D eigenvalue weighted by Gasteiger charge is 2.20. The molecule has 3 N–H and O–H groups in total. The minimum Gasteiger partial charge on any atom is -0.497 e. The number of halogens is 1. The number of hydrogen-bond acceptors (Lipinski definition) is 10. The molecule has 0 aliphatic carbocycles. The van der Waals surface area contributed by atoms with Gasteiger partial charge in [0.15, 0.2) is 6.29 Å². The number of hydrogen-bond donors (Lipinski definition) is 2. The molecule has 2 saturated heterocycles. The normalized spacial score (nSPS) is 14.8. The first kappa shape index (κ1) is 40.4. The van der Waals surface area contributed by atoms with E-state index in [2.05, 4.69) is 16.6 Å². The molecule has 3 aromatic heterocycles. The second kappa shape index (κ2) is 19.5. The van der Waals surface area contributed by atoms with E-state index in [9.17, 15) is 14.4 Å². The highest BCUT2D eigenvalue weighted by molar-refractivity contribution is 6.32. The Kier molecular flexibility index (Phi) is 14.6. The van der Waals surface area contributed by atoms with Crippen molar-refractivity contribution in [1.29, 1.82) is 0 Å². The van der Waals surface area contributed by atoms with Crippen LogP contribution in [0.1, 0.15) is 64.6 Å². The zero-order chi connectivity index (χ0) is 38.6. The number of hydrazine groups is 1. The van der Waals surface area contributed by atoms with Gasteiger partial charge in [0.1, 0.15) is 11.5 Å². The first-order valence-electron chi connectivity index (χ1n) is 18.0. The number of nitrogens with two attached hydrogens (primary N) is 1. The summed E-state index contributed by atoms with van der Waals surface area (Å²) in [6.07, 6.45) is 6.17. The minimum absolute atomic E-state index is 0.00845. The van der Waals surface area contributed by atoms with Crippen LogP contribution in [-0.2, 0) is 22.6 Å². The molecule has 288 valence electrons. The third-order valence-corrected chi connectivity index (χ3v) is 10.00. The van der Waals surface area contributed by atoms with Gasteiger partial charge in [-0.1, -0.05) is 35.9 Å². The van der Waals surface area contributed by atoms with Crippen molar-refractivity contribution in [1.82, 2.24) is 24.3 Å². The van der Waals surface area contributed by atoms with E-state index in [0.29, 0.717) is 42.5 Å². The van der Waals surface area contributed by atoms with E-state index in [-0.39, 0.29) is 21.7 Å². The number of methoxy groups -OCH3 is 2. The average Bonchev–Trinajstić information content (AvgIpc) is 3.63. The number of pyridine rings is 2. The maximum atomic E-state index is 13.0. The first-order valence-corrected chi connectivity index (χ1v) is 18.3. The standard InChI is InChI=1S/C20H23N3O3.C15H14ClNO3.C5H12N2O/c1-14-11-19-18(12-21-23(19)16-7-9-26-10-8-16)20(24)22(14)13-15-3-5-17(25-2)6-4-15;1-10-7-14(16)13(9-18)15(19)17(10)8-11-3-5-12(20-2)6-4-11;6-7-5-1-3-8-4-2-5/h3-6,11-12,16H,7-10,13H2,1-2H3;3-7,9H,8H2,1-2H3;5,7H,1-4,6H2. The van der Waals surface area contributed by atoms with Crippen LogP contribution in [0.3, 0.4) is 0 Å². The predicted molar refractivity (Wildman–Crippen MR) is 209 cm³/mol. The lowest BCUT2D eigenvalue weighted by Gasteiger charge is -2.23.